The zero-order chi connectivity index (χ0) is 13.8. The summed E-state index contributed by atoms with van der Waals surface area (Å²) >= 11 is 4.92. The van der Waals surface area contributed by atoms with Crippen LogP contribution < -0.4 is 15.8 Å². The number of thiocarbonyl (C=S) groups is 1. The Labute approximate surface area is 116 Å². The van der Waals surface area contributed by atoms with Crippen molar-refractivity contribution in [3.8, 4) is 5.75 Å². The maximum Gasteiger partial charge on any atom is 0.228 e. The van der Waals surface area contributed by atoms with E-state index in [0.717, 1.165) is 17.1 Å². The minimum absolute atomic E-state index is 0.253. The molecule has 98 valence electrons. The molecular formula is C13H14N4OS. The van der Waals surface area contributed by atoms with Crippen LogP contribution >= 0.6 is 12.2 Å². The fourth-order valence-corrected chi connectivity index (χ4v) is 1.66. The number of nitrogens with two attached hydrogens (primary N) is 1. The second-order valence-electron chi connectivity index (χ2n) is 3.94. The minimum atomic E-state index is 0.253. The van der Waals surface area contributed by atoms with E-state index in [9.17, 15) is 0 Å². The van der Waals surface area contributed by atoms with Crippen molar-refractivity contribution in [2.45, 2.75) is 6.92 Å². The predicted octanol–water partition coefficient (Wildman–Crippen LogP) is 2.17. The number of methoxy groups -OCH3 is 1. The van der Waals surface area contributed by atoms with Gasteiger partial charge in [-0.2, -0.15) is 0 Å². The highest BCUT2D eigenvalue weighted by Gasteiger charge is 2.05. The Morgan fingerprint density at radius 3 is 2.53 bits per heavy atom. The molecule has 1 aromatic carbocycles. The molecule has 0 atom stereocenters. The van der Waals surface area contributed by atoms with Crippen molar-refractivity contribution in [1.82, 2.24) is 9.97 Å². The van der Waals surface area contributed by atoms with Crippen LogP contribution in [0.2, 0.25) is 0 Å². The molecule has 0 bridgehead atoms. The van der Waals surface area contributed by atoms with Crippen molar-refractivity contribution in [1.29, 1.82) is 0 Å². The lowest BCUT2D eigenvalue weighted by Gasteiger charge is -2.08. The molecule has 0 saturated heterocycles. The summed E-state index contributed by atoms with van der Waals surface area (Å²) in [5, 5.41) is 3.10. The third kappa shape index (κ3) is 3.38. The molecular weight excluding hydrogens is 260 g/mol. The number of anilines is 2. The topological polar surface area (TPSA) is 73.1 Å². The monoisotopic (exact) mass is 274 g/mol. The van der Waals surface area contributed by atoms with Gasteiger partial charge in [-0.25, -0.2) is 9.97 Å². The van der Waals surface area contributed by atoms with Crippen LogP contribution in [0, 0.1) is 6.92 Å². The third-order valence-corrected chi connectivity index (χ3v) is 2.66. The van der Waals surface area contributed by atoms with Crippen molar-refractivity contribution >= 4 is 28.8 Å². The van der Waals surface area contributed by atoms with E-state index in [1.54, 1.807) is 13.2 Å². The van der Waals surface area contributed by atoms with Crippen LogP contribution in [-0.2, 0) is 0 Å². The van der Waals surface area contributed by atoms with Crippen LogP contribution in [0.3, 0.4) is 0 Å². The summed E-state index contributed by atoms with van der Waals surface area (Å²) < 4.78 is 5.10. The van der Waals surface area contributed by atoms with Crippen molar-refractivity contribution < 1.29 is 4.74 Å². The first-order valence-corrected chi connectivity index (χ1v) is 6.06. The highest BCUT2D eigenvalue weighted by atomic mass is 32.1. The molecule has 0 spiro atoms. The average molecular weight is 274 g/mol. The molecule has 0 saturated carbocycles. The van der Waals surface area contributed by atoms with Crippen LogP contribution in [-0.4, -0.2) is 22.1 Å². The third-order valence-electron chi connectivity index (χ3n) is 2.45. The Balaban J connectivity index is 2.24. The van der Waals surface area contributed by atoms with E-state index in [1.807, 2.05) is 31.2 Å². The number of aromatic nitrogens is 2. The van der Waals surface area contributed by atoms with Crippen molar-refractivity contribution in [3.05, 3.63) is 41.7 Å². The normalized spacial score (nSPS) is 10.0. The highest BCUT2D eigenvalue weighted by Crippen LogP contribution is 2.18. The van der Waals surface area contributed by atoms with E-state index in [0.29, 0.717) is 11.6 Å². The first-order chi connectivity index (χ1) is 9.08. The summed E-state index contributed by atoms with van der Waals surface area (Å²) in [6.45, 7) is 1.86. The molecule has 6 heteroatoms. The largest absolute Gasteiger partial charge is 0.497 e. The lowest BCUT2D eigenvalue weighted by molar-refractivity contribution is 0.415. The Kier molecular flexibility index (Phi) is 3.91. The number of ether oxygens (including phenoxy) is 1. The van der Waals surface area contributed by atoms with E-state index < -0.39 is 0 Å². The Hall–Kier alpha value is -2.21. The van der Waals surface area contributed by atoms with Crippen molar-refractivity contribution in [2.75, 3.05) is 12.4 Å². The van der Waals surface area contributed by atoms with Crippen LogP contribution in [0.15, 0.2) is 30.3 Å². The van der Waals surface area contributed by atoms with Gasteiger partial charge in [-0.1, -0.05) is 12.2 Å². The van der Waals surface area contributed by atoms with Gasteiger partial charge in [0, 0.05) is 11.4 Å². The maximum absolute atomic E-state index is 5.58. The second-order valence-corrected chi connectivity index (χ2v) is 4.38. The SMILES string of the molecule is COc1ccc(Nc2nc(C)cc(C(N)=S)n2)cc1. The molecule has 3 N–H and O–H groups in total. The van der Waals surface area contributed by atoms with Gasteiger partial charge in [0.2, 0.25) is 5.95 Å². The highest BCUT2D eigenvalue weighted by molar-refractivity contribution is 7.80. The second kappa shape index (κ2) is 5.62. The number of hydrogen-bond acceptors (Lipinski definition) is 5. The minimum Gasteiger partial charge on any atom is -0.497 e. The number of benzene rings is 1. The van der Waals surface area contributed by atoms with Gasteiger partial charge in [0.05, 0.1) is 7.11 Å². The molecule has 5 nitrogen and oxygen atoms in total. The van der Waals surface area contributed by atoms with Gasteiger partial charge in [-0.3, -0.25) is 0 Å². The van der Waals surface area contributed by atoms with Gasteiger partial charge >= 0.3 is 0 Å². The molecule has 0 aliphatic heterocycles. The van der Waals surface area contributed by atoms with Gasteiger partial charge in [0.15, 0.2) is 0 Å². The summed E-state index contributed by atoms with van der Waals surface area (Å²) in [5.41, 5.74) is 7.80. The average Bonchev–Trinajstić information content (AvgIpc) is 2.39. The van der Waals surface area contributed by atoms with Crippen LogP contribution in [0.4, 0.5) is 11.6 Å². The Morgan fingerprint density at radius 2 is 1.95 bits per heavy atom. The lowest BCUT2D eigenvalue weighted by Crippen LogP contribution is -2.13. The number of hydrogen-bond donors (Lipinski definition) is 2. The molecule has 19 heavy (non-hydrogen) atoms. The van der Waals surface area contributed by atoms with Crippen LogP contribution in [0.25, 0.3) is 0 Å². The summed E-state index contributed by atoms with van der Waals surface area (Å²) in [7, 11) is 1.63. The summed E-state index contributed by atoms with van der Waals surface area (Å²) in [5.74, 6) is 1.26. The number of nitrogens with one attached hydrogen (secondary N) is 1. The predicted molar refractivity (Wildman–Crippen MR) is 78.9 cm³/mol. The Bertz CT molecular complexity index is 598. The molecule has 0 aliphatic rings. The zero-order valence-electron chi connectivity index (χ0n) is 10.7. The van der Waals surface area contributed by atoms with Crippen molar-refractivity contribution in [3.63, 3.8) is 0 Å². The van der Waals surface area contributed by atoms with Crippen molar-refractivity contribution in [2.24, 2.45) is 5.73 Å². The molecule has 0 radical (unpaired) electrons. The standard InChI is InChI=1S/C13H14N4OS/c1-8-7-11(12(14)19)17-13(15-8)16-9-3-5-10(18-2)6-4-9/h3-7H,1-2H3,(H2,14,19)(H,15,16,17). The molecule has 1 aromatic heterocycles. The van der Waals surface area contributed by atoms with Gasteiger partial charge in [0.25, 0.3) is 0 Å². The summed E-state index contributed by atoms with van der Waals surface area (Å²) in [4.78, 5) is 8.79. The molecule has 0 unspecified atom stereocenters. The quantitative estimate of drug-likeness (QED) is 0.832. The number of nitrogens with zero attached hydrogens (tertiary/aromatic N) is 2. The molecule has 0 amide bonds. The molecule has 0 aliphatic carbocycles. The molecule has 0 fully saturated rings. The van der Waals surface area contributed by atoms with Crippen LogP contribution in [0.5, 0.6) is 5.75 Å². The van der Waals surface area contributed by atoms with Gasteiger partial charge in [0.1, 0.15) is 16.4 Å². The lowest BCUT2D eigenvalue weighted by atomic mass is 10.3. The number of aryl methyl sites for hydroxylation is 1. The fraction of sp³-hybridized carbons (Fsp3) is 0.154. The van der Waals surface area contributed by atoms with Gasteiger partial charge in [-0.05, 0) is 37.3 Å². The van der Waals surface area contributed by atoms with E-state index in [1.165, 1.54) is 0 Å². The van der Waals surface area contributed by atoms with E-state index in [-0.39, 0.29) is 4.99 Å². The molecule has 2 rings (SSSR count). The van der Waals surface area contributed by atoms with E-state index in [2.05, 4.69) is 15.3 Å². The molecule has 2 aromatic rings. The van der Waals surface area contributed by atoms with Gasteiger partial charge in [-0.15, -0.1) is 0 Å². The molecule has 1 heterocycles. The van der Waals surface area contributed by atoms with Gasteiger partial charge < -0.3 is 15.8 Å². The van der Waals surface area contributed by atoms with E-state index >= 15 is 0 Å². The zero-order valence-corrected chi connectivity index (χ0v) is 11.5. The smallest absolute Gasteiger partial charge is 0.228 e. The maximum atomic E-state index is 5.58. The number of rotatable bonds is 4. The Morgan fingerprint density at radius 1 is 1.26 bits per heavy atom. The van der Waals surface area contributed by atoms with Crippen LogP contribution in [0.1, 0.15) is 11.4 Å². The fourth-order valence-electron chi connectivity index (χ4n) is 1.55. The van der Waals surface area contributed by atoms with E-state index in [4.69, 9.17) is 22.7 Å². The summed E-state index contributed by atoms with van der Waals surface area (Å²) in [6, 6.07) is 9.22. The first kappa shape index (κ1) is 13.2. The first-order valence-electron chi connectivity index (χ1n) is 5.65. The summed E-state index contributed by atoms with van der Waals surface area (Å²) in [6.07, 6.45) is 0.